The van der Waals surface area contributed by atoms with Crippen LogP contribution in [0.4, 0.5) is 0 Å². The molecule has 0 saturated carbocycles. The second-order valence-corrected chi connectivity index (χ2v) is 8.64. The summed E-state index contributed by atoms with van der Waals surface area (Å²) in [7, 11) is -4.16. The van der Waals surface area contributed by atoms with E-state index < -0.39 is 14.9 Å². The summed E-state index contributed by atoms with van der Waals surface area (Å²) >= 11 is 0. The normalized spacial score (nSPS) is 28.1. The standard InChI is InChI=1S/C19H25NO3S/c1-16-6-5-14-20(16)15-13-19(24(21,22)23)11-9-18(10-12-19)17-7-3-2-4-8-17/h2-4,7-11,16H,5-6,12-15H2,1H3,(H,21,22,23). The van der Waals surface area contributed by atoms with Crippen LogP contribution in [0.15, 0.2) is 48.6 Å². The van der Waals surface area contributed by atoms with E-state index in [-0.39, 0.29) is 0 Å². The quantitative estimate of drug-likeness (QED) is 0.828. The van der Waals surface area contributed by atoms with E-state index >= 15 is 0 Å². The van der Waals surface area contributed by atoms with Crippen LogP contribution in [0.1, 0.15) is 38.2 Å². The zero-order valence-corrected chi connectivity index (χ0v) is 14.9. The van der Waals surface area contributed by atoms with Crippen LogP contribution in [0, 0.1) is 0 Å². The van der Waals surface area contributed by atoms with E-state index in [2.05, 4.69) is 11.8 Å². The first-order valence-electron chi connectivity index (χ1n) is 8.57. The molecule has 2 unspecified atom stereocenters. The van der Waals surface area contributed by atoms with Crippen molar-refractivity contribution in [1.82, 2.24) is 4.90 Å². The van der Waals surface area contributed by atoms with Crippen LogP contribution in [-0.4, -0.2) is 41.7 Å². The van der Waals surface area contributed by atoms with E-state index in [1.54, 1.807) is 6.08 Å². The SMILES string of the molecule is CC1CCCN1CCC1(S(=O)(=O)O)C=CC(c2ccccc2)=CC1. The molecule has 1 aliphatic carbocycles. The van der Waals surface area contributed by atoms with Crippen molar-refractivity contribution < 1.29 is 13.0 Å². The van der Waals surface area contributed by atoms with Gasteiger partial charge in [0.25, 0.3) is 10.1 Å². The molecule has 4 nitrogen and oxygen atoms in total. The van der Waals surface area contributed by atoms with E-state index in [1.807, 2.05) is 42.5 Å². The topological polar surface area (TPSA) is 57.6 Å². The Kier molecular flexibility index (Phi) is 4.95. The molecule has 1 aromatic rings. The summed E-state index contributed by atoms with van der Waals surface area (Å²) in [6.45, 7) is 3.88. The molecule has 3 rings (SSSR count). The Morgan fingerprint density at radius 1 is 1.29 bits per heavy atom. The Balaban J connectivity index is 1.77. The Bertz CT molecular complexity index is 739. The van der Waals surface area contributed by atoms with Crippen molar-refractivity contribution >= 4 is 15.7 Å². The van der Waals surface area contributed by atoms with Crippen LogP contribution in [0.3, 0.4) is 0 Å². The van der Waals surface area contributed by atoms with E-state index in [0.717, 1.165) is 30.5 Å². The van der Waals surface area contributed by atoms with Gasteiger partial charge >= 0.3 is 0 Å². The average molecular weight is 347 g/mol. The lowest BCUT2D eigenvalue weighted by Gasteiger charge is -2.32. The molecule has 1 heterocycles. The van der Waals surface area contributed by atoms with Crippen molar-refractivity contribution in [3.63, 3.8) is 0 Å². The third kappa shape index (κ3) is 3.48. The first-order valence-corrected chi connectivity index (χ1v) is 10.0. The van der Waals surface area contributed by atoms with Crippen molar-refractivity contribution in [2.45, 2.75) is 43.4 Å². The summed E-state index contributed by atoms with van der Waals surface area (Å²) in [6, 6.07) is 10.4. The molecule has 130 valence electrons. The van der Waals surface area contributed by atoms with Crippen LogP contribution in [0.2, 0.25) is 0 Å². The summed E-state index contributed by atoms with van der Waals surface area (Å²) in [5.41, 5.74) is 2.07. The molecule has 0 amide bonds. The molecule has 0 spiro atoms. The van der Waals surface area contributed by atoms with Gasteiger partial charge in [-0.1, -0.05) is 48.6 Å². The molecule has 2 atom stereocenters. The number of benzene rings is 1. The van der Waals surface area contributed by atoms with E-state index in [9.17, 15) is 13.0 Å². The Hall–Kier alpha value is -1.43. The van der Waals surface area contributed by atoms with Gasteiger partial charge in [0.05, 0.1) is 0 Å². The van der Waals surface area contributed by atoms with Crippen LogP contribution >= 0.6 is 0 Å². The maximum Gasteiger partial charge on any atom is 0.274 e. The van der Waals surface area contributed by atoms with Crippen LogP contribution in [-0.2, 0) is 10.1 Å². The molecule has 1 fully saturated rings. The van der Waals surface area contributed by atoms with E-state index in [1.165, 1.54) is 0 Å². The molecule has 5 heteroatoms. The third-order valence-corrected chi connectivity index (χ3v) is 6.90. The average Bonchev–Trinajstić information content (AvgIpc) is 2.98. The zero-order valence-electron chi connectivity index (χ0n) is 14.1. The fourth-order valence-corrected chi connectivity index (χ4v) is 4.55. The van der Waals surface area contributed by atoms with Gasteiger partial charge in [0.2, 0.25) is 0 Å². The smallest absolute Gasteiger partial charge is 0.274 e. The Morgan fingerprint density at radius 2 is 2.04 bits per heavy atom. The maximum atomic E-state index is 12.1. The number of rotatable bonds is 5. The largest absolute Gasteiger partial charge is 0.301 e. The molecular formula is C19H25NO3S. The monoisotopic (exact) mass is 347 g/mol. The lowest BCUT2D eigenvalue weighted by Crippen LogP contribution is -2.41. The Labute approximate surface area is 144 Å². The lowest BCUT2D eigenvalue weighted by molar-refractivity contribution is 0.254. The van der Waals surface area contributed by atoms with Gasteiger partial charge < -0.3 is 4.90 Å². The van der Waals surface area contributed by atoms with Crippen LogP contribution in [0.25, 0.3) is 5.57 Å². The molecule has 2 aliphatic rings. The molecule has 0 aromatic heterocycles. The second kappa shape index (κ2) is 6.82. The number of allylic oxidation sites excluding steroid dienone is 3. The summed E-state index contributed by atoms with van der Waals surface area (Å²) in [5, 5.41) is 0. The summed E-state index contributed by atoms with van der Waals surface area (Å²) in [4.78, 5) is 2.32. The number of nitrogens with zero attached hydrogens (tertiary/aromatic N) is 1. The van der Waals surface area contributed by atoms with Crippen molar-refractivity contribution in [2.24, 2.45) is 0 Å². The van der Waals surface area contributed by atoms with E-state index in [4.69, 9.17) is 0 Å². The van der Waals surface area contributed by atoms with Crippen LogP contribution < -0.4 is 0 Å². The van der Waals surface area contributed by atoms with Gasteiger partial charge in [-0.25, -0.2) is 0 Å². The zero-order chi connectivity index (χ0) is 17.2. The minimum atomic E-state index is -4.16. The fraction of sp³-hybridized carbons (Fsp3) is 0.474. The first-order chi connectivity index (χ1) is 11.4. The molecule has 24 heavy (non-hydrogen) atoms. The highest BCUT2D eigenvalue weighted by atomic mass is 32.2. The lowest BCUT2D eigenvalue weighted by atomic mass is 9.90. The van der Waals surface area contributed by atoms with Gasteiger partial charge in [0.1, 0.15) is 4.75 Å². The molecule has 0 radical (unpaired) electrons. The highest BCUT2D eigenvalue weighted by Gasteiger charge is 2.41. The number of likely N-dealkylation sites (tertiary alicyclic amines) is 1. The summed E-state index contributed by atoms with van der Waals surface area (Å²) in [6.07, 6.45) is 8.50. The molecular weight excluding hydrogens is 322 g/mol. The van der Waals surface area contributed by atoms with Gasteiger partial charge in [-0.3, -0.25) is 4.55 Å². The van der Waals surface area contributed by atoms with Crippen molar-refractivity contribution in [1.29, 1.82) is 0 Å². The minimum Gasteiger partial charge on any atom is -0.301 e. The maximum absolute atomic E-state index is 12.1. The third-order valence-electron chi connectivity index (χ3n) is 5.37. The van der Waals surface area contributed by atoms with Crippen molar-refractivity contribution in [3.05, 3.63) is 54.1 Å². The number of hydrogen-bond donors (Lipinski definition) is 1. The summed E-state index contributed by atoms with van der Waals surface area (Å²) < 4.78 is 32.9. The Morgan fingerprint density at radius 3 is 2.58 bits per heavy atom. The van der Waals surface area contributed by atoms with Gasteiger partial charge in [0.15, 0.2) is 0 Å². The van der Waals surface area contributed by atoms with Crippen molar-refractivity contribution in [2.75, 3.05) is 13.1 Å². The fourth-order valence-electron chi connectivity index (χ4n) is 3.67. The van der Waals surface area contributed by atoms with Crippen molar-refractivity contribution in [3.8, 4) is 0 Å². The van der Waals surface area contributed by atoms with Crippen LogP contribution in [0.5, 0.6) is 0 Å². The first kappa shape index (κ1) is 17.4. The van der Waals surface area contributed by atoms with Gasteiger partial charge in [0, 0.05) is 12.6 Å². The predicted molar refractivity (Wildman–Crippen MR) is 97.3 cm³/mol. The van der Waals surface area contributed by atoms with E-state index in [0.29, 0.717) is 25.4 Å². The highest BCUT2D eigenvalue weighted by Crippen LogP contribution is 2.35. The second-order valence-electron chi connectivity index (χ2n) is 6.88. The van der Waals surface area contributed by atoms with Gasteiger partial charge in [-0.15, -0.1) is 0 Å². The number of hydrogen-bond acceptors (Lipinski definition) is 3. The minimum absolute atomic E-state index is 0.314. The molecule has 0 bridgehead atoms. The van der Waals surface area contributed by atoms with Gasteiger partial charge in [-0.05, 0) is 50.3 Å². The highest BCUT2D eigenvalue weighted by molar-refractivity contribution is 7.87. The molecule has 1 saturated heterocycles. The summed E-state index contributed by atoms with van der Waals surface area (Å²) in [5.74, 6) is 0. The van der Waals surface area contributed by atoms with Gasteiger partial charge in [-0.2, -0.15) is 8.42 Å². The molecule has 1 N–H and O–H groups in total. The molecule has 1 aromatic carbocycles. The molecule has 1 aliphatic heterocycles. The predicted octanol–water partition coefficient (Wildman–Crippen LogP) is 3.53.